The van der Waals surface area contributed by atoms with E-state index in [1.165, 1.54) is 50.5 Å². The van der Waals surface area contributed by atoms with Crippen LogP contribution >= 0.6 is 45.2 Å². The number of nitrogens with zero attached hydrogens (tertiary/aromatic N) is 4. The molecule has 0 fully saturated rings. The molecule has 4 nitrogen and oxygen atoms in total. The van der Waals surface area contributed by atoms with Crippen LogP contribution in [0.15, 0.2) is 134 Å². The summed E-state index contributed by atoms with van der Waals surface area (Å²) in [6.07, 6.45) is 8.05. The number of pyridine rings is 2. The van der Waals surface area contributed by atoms with Crippen molar-refractivity contribution in [2.45, 2.75) is 13.8 Å². The highest BCUT2D eigenvalue weighted by Gasteiger charge is 2.07. The van der Waals surface area contributed by atoms with Crippen LogP contribution in [0.3, 0.4) is 0 Å². The van der Waals surface area contributed by atoms with Crippen molar-refractivity contribution in [3.8, 4) is 11.6 Å². The molecule has 8 aromatic rings. The molecule has 0 aliphatic heterocycles. The van der Waals surface area contributed by atoms with Gasteiger partial charge in [0, 0.05) is 53.5 Å². The summed E-state index contributed by atoms with van der Waals surface area (Å²) in [5.41, 5.74) is 2.37. The normalized spacial score (nSPS) is 10.9. The second-order valence-electron chi connectivity index (χ2n) is 9.50. The summed E-state index contributed by atoms with van der Waals surface area (Å²) < 4.78 is 6.77. The Bertz CT molecular complexity index is 2000. The molecule has 0 N–H and O–H groups in total. The van der Waals surface area contributed by atoms with Crippen molar-refractivity contribution in [2.24, 2.45) is 0 Å². The van der Waals surface area contributed by atoms with Crippen molar-refractivity contribution in [2.75, 3.05) is 0 Å². The van der Waals surface area contributed by atoms with Crippen LogP contribution in [0.2, 0.25) is 0 Å². The average molecular weight is 766 g/mol. The molecule has 4 aromatic carbocycles. The second-order valence-corrected chi connectivity index (χ2v) is 11.8. The Labute approximate surface area is 272 Å². The van der Waals surface area contributed by atoms with Gasteiger partial charge < -0.3 is 9.13 Å². The lowest BCUT2D eigenvalue weighted by Gasteiger charge is -2.07. The highest BCUT2D eigenvalue weighted by Crippen LogP contribution is 2.26. The van der Waals surface area contributed by atoms with E-state index >= 15 is 0 Å². The van der Waals surface area contributed by atoms with Crippen LogP contribution in [0, 0.1) is 7.14 Å². The lowest BCUT2D eigenvalue weighted by atomic mass is 10.2. The fourth-order valence-electron chi connectivity index (χ4n) is 5.07. The van der Waals surface area contributed by atoms with Gasteiger partial charge in [0.15, 0.2) is 0 Å². The SMILES string of the molecule is CC.Ic1cccc2cnc(-n3ccc4ccccc43)cc12.[123I]c1cccc2cnc(-n3ccc4ccccc43)cc12. The van der Waals surface area contributed by atoms with E-state index in [1.54, 1.807) is 0 Å². The van der Waals surface area contributed by atoms with Crippen LogP contribution < -0.4 is 0 Å². The summed E-state index contributed by atoms with van der Waals surface area (Å²) in [6, 6.07) is 37.9. The zero-order chi connectivity index (χ0) is 29.1. The predicted octanol–water partition coefficient (Wildman–Crippen LogP) is 10.6. The molecule has 0 radical (unpaired) electrons. The maximum atomic E-state index is 4.60. The van der Waals surface area contributed by atoms with E-state index in [9.17, 15) is 0 Å². The molecule has 0 bridgehead atoms. The fourth-order valence-corrected chi connectivity index (χ4v) is 6.42. The molecule has 4 aromatic heterocycles. The van der Waals surface area contributed by atoms with Crippen LogP contribution in [-0.4, -0.2) is 19.1 Å². The Balaban J connectivity index is 0.000000142. The van der Waals surface area contributed by atoms with Crippen molar-refractivity contribution < 1.29 is 0 Å². The molecule has 0 spiro atoms. The number of fused-ring (bicyclic) bond motifs is 4. The van der Waals surface area contributed by atoms with Crippen LogP contribution in [0.25, 0.3) is 55.0 Å². The van der Waals surface area contributed by atoms with Gasteiger partial charge in [-0.1, -0.05) is 74.5 Å². The van der Waals surface area contributed by atoms with E-state index < -0.39 is 0 Å². The van der Waals surface area contributed by atoms with E-state index in [0.717, 1.165) is 11.6 Å². The minimum Gasteiger partial charge on any atom is -0.301 e. The average Bonchev–Trinajstić information content (AvgIpc) is 3.68. The third-order valence-corrected chi connectivity index (χ3v) is 8.97. The molecule has 0 amide bonds. The van der Waals surface area contributed by atoms with Gasteiger partial charge in [0.05, 0.1) is 11.0 Å². The van der Waals surface area contributed by atoms with Gasteiger partial charge in [0.25, 0.3) is 0 Å². The maximum absolute atomic E-state index is 4.60. The molecule has 0 atom stereocenters. The molecule has 0 aliphatic carbocycles. The first-order chi connectivity index (χ1) is 20.7. The van der Waals surface area contributed by atoms with Crippen molar-refractivity contribution in [1.82, 2.24) is 19.1 Å². The molecular weight excluding hydrogens is 738 g/mol. The van der Waals surface area contributed by atoms with Gasteiger partial charge in [-0.3, -0.25) is 0 Å². The van der Waals surface area contributed by atoms with E-state index in [2.05, 4.69) is 186 Å². The first-order valence-corrected chi connectivity index (χ1v) is 16.0. The van der Waals surface area contributed by atoms with Crippen LogP contribution in [0.5, 0.6) is 0 Å². The highest BCUT2D eigenvalue weighted by molar-refractivity contribution is 14.1. The number of hydrogen-bond acceptors (Lipinski definition) is 2. The molecule has 0 aliphatic rings. The van der Waals surface area contributed by atoms with Gasteiger partial charge in [0.1, 0.15) is 11.6 Å². The Morgan fingerprint density at radius 1 is 0.548 bits per heavy atom. The lowest BCUT2D eigenvalue weighted by Crippen LogP contribution is -1.95. The summed E-state index contributed by atoms with van der Waals surface area (Å²) >= 11 is 4.75. The molecule has 0 unspecified atom stereocenters. The largest absolute Gasteiger partial charge is 0.301 e. The predicted molar refractivity (Wildman–Crippen MR) is 194 cm³/mol. The lowest BCUT2D eigenvalue weighted by molar-refractivity contribution is 1.05. The Morgan fingerprint density at radius 2 is 1.02 bits per heavy atom. The van der Waals surface area contributed by atoms with Gasteiger partial charge in [0.2, 0.25) is 0 Å². The third-order valence-electron chi connectivity index (χ3n) is 7.08. The molecule has 8 rings (SSSR count). The van der Waals surface area contributed by atoms with Crippen molar-refractivity contribution in [1.29, 1.82) is 0 Å². The summed E-state index contributed by atoms with van der Waals surface area (Å²) in [5.74, 6) is 1.92. The monoisotopic (exact) mass is 766 g/mol. The highest BCUT2D eigenvalue weighted by atomic mass is 127. The molecule has 206 valence electrons. The summed E-state index contributed by atoms with van der Waals surface area (Å²) in [7, 11) is 0. The summed E-state index contributed by atoms with van der Waals surface area (Å²) in [5, 5.41) is 7.32. The van der Waals surface area contributed by atoms with Gasteiger partial charge in [-0.25, -0.2) is 9.97 Å². The molecular formula is C36H28I2N4. The second kappa shape index (κ2) is 12.6. The Morgan fingerprint density at radius 3 is 1.62 bits per heavy atom. The first kappa shape index (κ1) is 28.4. The molecule has 0 saturated heterocycles. The Hall–Kier alpha value is -3.76. The van der Waals surface area contributed by atoms with Crippen LogP contribution in [0.4, 0.5) is 0 Å². The minimum atomic E-state index is 0.961. The number of aromatic nitrogens is 4. The van der Waals surface area contributed by atoms with Crippen molar-refractivity contribution in [3.63, 3.8) is 0 Å². The Kier molecular flexibility index (Phi) is 8.53. The standard InChI is InChI=1S/2C17H11IN2.C2H6/c2*18-15-6-3-5-13-11-19-17(10-14(13)15)20-9-8-12-4-1-2-7-16(12)20;1-2/h2*1-11H;1-2H3/i18-4;;. The topological polar surface area (TPSA) is 35.6 Å². The van der Waals surface area contributed by atoms with E-state index in [-0.39, 0.29) is 0 Å². The number of rotatable bonds is 2. The number of benzene rings is 4. The third kappa shape index (κ3) is 5.53. The van der Waals surface area contributed by atoms with Gasteiger partial charge in [-0.15, -0.1) is 0 Å². The zero-order valence-corrected chi connectivity index (χ0v) is 27.6. The number of para-hydroxylation sites is 2. The van der Waals surface area contributed by atoms with Crippen molar-refractivity contribution >= 4 is 88.5 Å². The number of halogens is 2. The van der Waals surface area contributed by atoms with Gasteiger partial charge in [-0.05, 0) is 104 Å². The van der Waals surface area contributed by atoms with Gasteiger partial charge in [-0.2, -0.15) is 0 Å². The minimum absolute atomic E-state index is 0.961. The number of hydrogen-bond donors (Lipinski definition) is 0. The van der Waals surface area contributed by atoms with Crippen molar-refractivity contribution in [3.05, 3.63) is 141 Å². The van der Waals surface area contributed by atoms with E-state index in [1.807, 2.05) is 26.2 Å². The van der Waals surface area contributed by atoms with Crippen LogP contribution in [0.1, 0.15) is 13.8 Å². The van der Waals surface area contributed by atoms with Crippen LogP contribution in [-0.2, 0) is 0 Å². The van der Waals surface area contributed by atoms with E-state index in [0.29, 0.717) is 0 Å². The summed E-state index contributed by atoms with van der Waals surface area (Å²) in [6.45, 7) is 4.00. The molecule has 4 heterocycles. The van der Waals surface area contributed by atoms with E-state index in [4.69, 9.17) is 0 Å². The fraction of sp³-hybridized carbons (Fsp3) is 0.0556. The first-order valence-electron chi connectivity index (χ1n) is 13.9. The molecule has 42 heavy (non-hydrogen) atoms. The zero-order valence-electron chi connectivity index (χ0n) is 23.2. The van der Waals surface area contributed by atoms with Gasteiger partial charge >= 0.3 is 0 Å². The molecule has 0 saturated carbocycles. The maximum Gasteiger partial charge on any atom is 0.137 e. The summed E-state index contributed by atoms with van der Waals surface area (Å²) in [4.78, 5) is 9.20. The smallest absolute Gasteiger partial charge is 0.137 e. The quantitative estimate of drug-likeness (QED) is 0.164. The molecule has 6 heteroatoms.